The largest absolute Gasteiger partial charge is 0.357 e. The van der Waals surface area contributed by atoms with Crippen LogP contribution in [0.2, 0.25) is 0 Å². The van der Waals surface area contributed by atoms with Crippen LogP contribution in [0, 0.1) is 19.8 Å². The molecule has 164 valence electrons. The Labute approximate surface area is 195 Å². The second-order valence-electron chi connectivity index (χ2n) is 7.67. The van der Waals surface area contributed by atoms with Crippen molar-refractivity contribution in [2.75, 3.05) is 45.8 Å². The van der Waals surface area contributed by atoms with Crippen molar-refractivity contribution in [1.29, 1.82) is 0 Å². The number of aromatic nitrogens is 1. The van der Waals surface area contributed by atoms with Crippen molar-refractivity contribution in [2.45, 2.75) is 46.6 Å². The molecule has 0 aromatic carbocycles. The summed E-state index contributed by atoms with van der Waals surface area (Å²) in [5.41, 5.74) is 1.10. The number of rotatable bonds is 7. The number of guanidine groups is 1. The lowest BCUT2D eigenvalue weighted by Crippen LogP contribution is -2.52. The molecule has 1 saturated heterocycles. The van der Waals surface area contributed by atoms with E-state index in [0.29, 0.717) is 18.4 Å². The summed E-state index contributed by atoms with van der Waals surface area (Å²) in [5, 5.41) is 7.78. The van der Waals surface area contributed by atoms with Crippen LogP contribution in [0.5, 0.6) is 0 Å². The first-order valence-electron chi connectivity index (χ1n) is 10.5. The molecule has 2 heterocycles. The summed E-state index contributed by atoms with van der Waals surface area (Å²) in [7, 11) is 0. The Kier molecular flexibility index (Phi) is 10.1. The van der Waals surface area contributed by atoms with Crippen molar-refractivity contribution in [3.63, 3.8) is 0 Å². The Morgan fingerprint density at radius 2 is 1.93 bits per heavy atom. The normalized spacial score (nSPS) is 18.2. The van der Waals surface area contributed by atoms with Crippen LogP contribution in [-0.4, -0.2) is 72.5 Å². The summed E-state index contributed by atoms with van der Waals surface area (Å²) in [6.45, 7) is 13.1. The van der Waals surface area contributed by atoms with Crippen molar-refractivity contribution in [3.05, 3.63) is 15.6 Å². The Bertz CT molecular complexity index is 663. The second-order valence-corrected chi connectivity index (χ2v) is 8.95. The van der Waals surface area contributed by atoms with E-state index in [4.69, 9.17) is 0 Å². The molecule has 2 fully saturated rings. The summed E-state index contributed by atoms with van der Waals surface area (Å²) >= 11 is 1.72. The summed E-state index contributed by atoms with van der Waals surface area (Å²) in [6.07, 6.45) is 3.41. The van der Waals surface area contributed by atoms with Crippen LogP contribution in [0.4, 0.5) is 0 Å². The molecular formula is C20H35IN6OS. The topological polar surface area (TPSA) is 72.9 Å². The Balaban J connectivity index is 0.00000300. The van der Waals surface area contributed by atoms with E-state index < -0.39 is 0 Å². The van der Waals surface area contributed by atoms with E-state index in [9.17, 15) is 4.79 Å². The van der Waals surface area contributed by atoms with Gasteiger partial charge in [0.2, 0.25) is 5.91 Å². The average molecular weight is 535 g/mol. The first-order chi connectivity index (χ1) is 13.6. The highest BCUT2D eigenvalue weighted by atomic mass is 127. The fourth-order valence-corrected chi connectivity index (χ4v) is 4.39. The number of amides is 1. The zero-order valence-corrected chi connectivity index (χ0v) is 21.0. The highest BCUT2D eigenvalue weighted by Crippen LogP contribution is 2.28. The summed E-state index contributed by atoms with van der Waals surface area (Å²) in [5.74, 6) is 1.54. The quantitative estimate of drug-likeness (QED) is 0.320. The molecule has 1 aliphatic carbocycles. The monoisotopic (exact) mass is 534 g/mol. The molecule has 1 aliphatic heterocycles. The van der Waals surface area contributed by atoms with Gasteiger partial charge in [0, 0.05) is 56.6 Å². The maximum absolute atomic E-state index is 12.3. The molecule has 29 heavy (non-hydrogen) atoms. The zero-order chi connectivity index (χ0) is 19.9. The molecule has 0 atom stereocenters. The molecular weight excluding hydrogens is 499 g/mol. The molecule has 2 aliphatic rings. The van der Waals surface area contributed by atoms with Gasteiger partial charge in [0.15, 0.2) is 5.96 Å². The van der Waals surface area contributed by atoms with Gasteiger partial charge in [0.25, 0.3) is 0 Å². The molecule has 0 bridgehead atoms. The number of piperazine rings is 1. The van der Waals surface area contributed by atoms with E-state index in [1.165, 1.54) is 11.3 Å². The number of aryl methyl sites for hydroxylation is 2. The summed E-state index contributed by atoms with van der Waals surface area (Å²) in [4.78, 5) is 27.3. The number of carbonyl (C=O) groups excluding carboxylic acids is 1. The van der Waals surface area contributed by atoms with Gasteiger partial charge in [0.05, 0.1) is 12.2 Å². The molecule has 9 heteroatoms. The number of nitrogens with zero attached hydrogens (tertiary/aromatic N) is 4. The van der Waals surface area contributed by atoms with Crippen molar-refractivity contribution < 1.29 is 4.79 Å². The highest BCUT2D eigenvalue weighted by Gasteiger charge is 2.30. The maximum Gasteiger partial charge on any atom is 0.225 e. The first kappa shape index (κ1) is 24.3. The minimum absolute atomic E-state index is 0. The molecule has 1 amide bonds. The molecule has 2 N–H and O–H groups in total. The standard InChI is InChI=1S/C20H34N6OS.HI/c1-4-21-20(23-14-18-24-15(2)16(3)28-18)22-8-9-25-10-12-26(13-11-25)19(27)17-6-5-7-17;/h17H,4-14H2,1-3H3,(H2,21,22,23);1H. The fraction of sp³-hybridized carbons (Fsp3) is 0.750. The van der Waals surface area contributed by atoms with Gasteiger partial charge in [-0.3, -0.25) is 9.69 Å². The zero-order valence-electron chi connectivity index (χ0n) is 17.9. The number of hydrogen-bond acceptors (Lipinski definition) is 5. The van der Waals surface area contributed by atoms with E-state index >= 15 is 0 Å². The minimum atomic E-state index is 0. The Hall–Kier alpha value is -0.940. The SMILES string of the molecule is CCNC(=NCc1nc(C)c(C)s1)NCCN1CCN(C(=O)C2CCC2)CC1.I. The third-order valence-electron chi connectivity index (χ3n) is 5.65. The highest BCUT2D eigenvalue weighted by molar-refractivity contribution is 14.0. The number of hydrogen-bond donors (Lipinski definition) is 2. The number of thiazole rings is 1. The van der Waals surface area contributed by atoms with Crippen LogP contribution in [0.25, 0.3) is 0 Å². The summed E-state index contributed by atoms with van der Waals surface area (Å²) in [6, 6.07) is 0. The lowest BCUT2D eigenvalue weighted by Gasteiger charge is -2.38. The van der Waals surface area contributed by atoms with Gasteiger partial charge in [-0.25, -0.2) is 9.98 Å². The van der Waals surface area contributed by atoms with Gasteiger partial charge >= 0.3 is 0 Å². The third kappa shape index (κ3) is 7.06. The van der Waals surface area contributed by atoms with Gasteiger partial charge in [0.1, 0.15) is 5.01 Å². The molecule has 0 spiro atoms. The molecule has 3 rings (SSSR count). The third-order valence-corrected chi connectivity index (χ3v) is 6.71. The van der Waals surface area contributed by atoms with Crippen molar-refractivity contribution in [2.24, 2.45) is 10.9 Å². The van der Waals surface area contributed by atoms with Gasteiger partial charge < -0.3 is 15.5 Å². The Morgan fingerprint density at radius 3 is 2.48 bits per heavy atom. The van der Waals surface area contributed by atoms with Crippen LogP contribution < -0.4 is 10.6 Å². The summed E-state index contributed by atoms with van der Waals surface area (Å²) < 4.78 is 0. The van der Waals surface area contributed by atoms with Crippen LogP contribution in [0.1, 0.15) is 41.8 Å². The first-order valence-corrected chi connectivity index (χ1v) is 11.3. The van der Waals surface area contributed by atoms with E-state index in [1.807, 2.05) is 6.92 Å². The Morgan fingerprint density at radius 1 is 1.21 bits per heavy atom. The lowest BCUT2D eigenvalue weighted by atomic mass is 9.84. The van der Waals surface area contributed by atoms with Gasteiger partial charge in [-0.05, 0) is 33.6 Å². The van der Waals surface area contributed by atoms with Crippen LogP contribution >= 0.6 is 35.3 Å². The van der Waals surface area contributed by atoms with E-state index in [1.54, 1.807) is 11.3 Å². The molecule has 1 aromatic rings. The number of carbonyl (C=O) groups is 1. The van der Waals surface area contributed by atoms with Gasteiger partial charge in [-0.1, -0.05) is 6.42 Å². The van der Waals surface area contributed by atoms with E-state index in [-0.39, 0.29) is 24.0 Å². The molecule has 1 aromatic heterocycles. The molecule has 7 nitrogen and oxygen atoms in total. The maximum atomic E-state index is 12.3. The second kappa shape index (κ2) is 12.0. The van der Waals surface area contributed by atoms with E-state index in [2.05, 4.69) is 44.3 Å². The fourth-order valence-electron chi connectivity index (χ4n) is 3.53. The van der Waals surface area contributed by atoms with Crippen LogP contribution in [0.3, 0.4) is 0 Å². The van der Waals surface area contributed by atoms with Crippen molar-refractivity contribution in [1.82, 2.24) is 25.4 Å². The van der Waals surface area contributed by atoms with Gasteiger partial charge in [-0.2, -0.15) is 0 Å². The van der Waals surface area contributed by atoms with Crippen LogP contribution in [0.15, 0.2) is 4.99 Å². The predicted molar refractivity (Wildman–Crippen MR) is 130 cm³/mol. The van der Waals surface area contributed by atoms with Crippen molar-refractivity contribution in [3.8, 4) is 0 Å². The molecule has 0 unspecified atom stereocenters. The lowest BCUT2D eigenvalue weighted by molar-refractivity contribution is -0.139. The molecule has 1 saturated carbocycles. The van der Waals surface area contributed by atoms with Gasteiger partial charge in [-0.15, -0.1) is 35.3 Å². The number of nitrogens with one attached hydrogen (secondary N) is 2. The number of aliphatic imine (C=N–C) groups is 1. The number of halogens is 1. The average Bonchev–Trinajstić information content (AvgIpc) is 2.96. The predicted octanol–water partition coefficient (Wildman–Crippen LogP) is 2.38. The minimum Gasteiger partial charge on any atom is -0.357 e. The van der Waals surface area contributed by atoms with Crippen molar-refractivity contribution >= 4 is 47.2 Å². The van der Waals surface area contributed by atoms with E-state index in [0.717, 1.165) is 75.3 Å². The molecule has 0 radical (unpaired) electrons. The smallest absolute Gasteiger partial charge is 0.225 e. The van der Waals surface area contributed by atoms with Crippen LogP contribution in [-0.2, 0) is 11.3 Å².